The van der Waals surface area contributed by atoms with Gasteiger partial charge in [-0.1, -0.05) is 0 Å². The van der Waals surface area contributed by atoms with Crippen molar-refractivity contribution in [2.24, 2.45) is 0 Å². The van der Waals surface area contributed by atoms with E-state index in [4.69, 9.17) is 0 Å². The SMILES string of the molecule is CC1CCCC(C)N1n1cc(Br)cc1C(=O)O. The molecule has 17 heavy (non-hydrogen) atoms. The van der Waals surface area contributed by atoms with Gasteiger partial charge in [0.1, 0.15) is 5.69 Å². The van der Waals surface area contributed by atoms with Crippen molar-refractivity contribution in [2.75, 3.05) is 5.01 Å². The lowest BCUT2D eigenvalue weighted by Gasteiger charge is -2.41. The third kappa shape index (κ3) is 2.34. The van der Waals surface area contributed by atoms with Crippen LogP contribution in [0.1, 0.15) is 43.6 Å². The monoisotopic (exact) mass is 300 g/mol. The van der Waals surface area contributed by atoms with Crippen LogP contribution in [0.25, 0.3) is 0 Å². The molecule has 94 valence electrons. The van der Waals surface area contributed by atoms with Crippen molar-refractivity contribution >= 4 is 21.9 Å². The summed E-state index contributed by atoms with van der Waals surface area (Å²) in [5.41, 5.74) is 0.317. The first-order valence-electron chi connectivity index (χ1n) is 5.90. The predicted molar refractivity (Wildman–Crippen MR) is 70.1 cm³/mol. The molecular formula is C12H17BrN2O2. The fourth-order valence-electron chi connectivity index (χ4n) is 2.60. The Labute approximate surface area is 109 Å². The van der Waals surface area contributed by atoms with Crippen LogP contribution < -0.4 is 5.01 Å². The standard InChI is InChI=1S/C12H17BrN2O2/c1-8-4-3-5-9(2)15(8)14-7-10(13)6-11(14)12(16)17/h6-9H,3-5H2,1-2H3,(H,16,17). The number of hydrogen-bond acceptors (Lipinski definition) is 2. The first-order valence-corrected chi connectivity index (χ1v) is 6.70. The van der Waals surface area contributed by atoms with E-state index < -0.39 is 5.97 Å². The van der Waals surface area contributed by atoms with Gasteiger partial charge in [-0.2, -0.15) is 0 Å². The zero-order valence-corrected chi connectivity index (χ0v) is 11.6. The number of halogens is 1. The largest absolute Gasteiger partial charge is 0.477 e. The van der Waals surface area contributed by atoms with E-state index in [0.717, 1.165) is 17.3 Å². The van der Waals surface area contributed by atoms with Crippen molar-refractivity contribution in [3.05, 3.63) is 22.4 Å². The van der Waals surface area contributed by atoms with Gasteiger partial charge in [0.25, 0.3) is 0 Å². The van der Waals surface area contributed by atoms with E-state index in [9.17, 15) is 9.90 Å². The molecule has 5 heteroatoms. The lowest BCUT2D eigenvalue weighted by Crippen LogP contribution is -2.51. The van der Waals surface area contributed by atoms with Gasteiger partial charge in [0.15, 0.2) is 0 Å². The van der Waals surface area contributed by atoms with Gasteiger partial charge in [-0.3, -0.25) is 4.68 Å². The van der Waals surface area contributed by atoms with Crippen molar-refractivity contribution in [1.29, 1.82) is 0 Å². The second-order valence-corrected chi connectivity index (χ2v) is 5.62. The zero-order chi connectivity index (χ0) is 12.6. The van der Waals surface area contributed by atoms with Crippen LogP contribution in [0.15, 0.2) is 16.7 Å². The summed E-state index contributed by atoms with van der Waals surface area (Å²) in [4.78, 5) is 11.2. The average Bonchev–Trinajstić information content (AvgIpc) is 2.60. The number of carboxylic acid groups (broad SMARTS) is 1. The van der Waals surface area contributed by atoms with Crippen LogP contribution in [0.2, 0.25) is 0 Å². The Bertz CT molecular complexity index is 420. The van der Waals surface area contributed by atoms with Crippen LogP contribution in [0.5, 0.6) is 0 Å². The normalized spacial score (nSPS) is 25.0. The second-order valence-electron chi connectivity index (χ2n) is 4.70. The molecule has 1 aliphatic heterocycles. The molecule has 0 spiro atoms. The van der Waals surface area contributed by atoms with Crippen LogP contribution in [-0.2, 0) is 0 Å². The van der Waals surface area contributed by atoms with E-state index >= 15 is 0 Å². The maximum absolute atomic E-state index is 11.2. The summed E-state index contributed by atoms with van der Waals surface area (Å²) < 4.78 is 2.58. The molecule has 1 saturated heterocycles. The van der Waals surface area contributed by atoms with Gasteiger partial charge in [-0.05, 0) is 55.1 Å². The Kier molecular flexibility index (Phi) is 3.47. The number of carboxylic acids is 1. The fraction of sp³-hybridized carbons (Fsp3) is 0.583. The van der Waals surface area contributed by atoms with Crippen LogP contribution in [0.3, 0.4) is 0 Å². The second kappa shape index (κ2) is 4.72. The Morgan fingerprint density at radius 3 is 2.53 bits per heavy atom. The number of rotatable bonds is 2. The van der Waals surface area contributed by atoms with Crippen molar-refractivity contribution in [3.8, 4) is 0 Å². The molecule has 4 nitrogen and oxygen atoms in total. The predicted octanol–water partition coefficient (Wildman–Crippen LogP) is 2.85. The number of hydrogen-bond donors (Lipinski definition) is 1. The summed E-state index contributed by atoms with van der Waals surface area (Å²) in [5, 5.41) is 11.4. The Balaban J connectivity index is 2.40. The van der Waals surface area contributed by atoms with E-state index in [-0.39, 0.29) is 0 Å². The van der Waals surface area contributed by atoms with Crippen LogP contribution in [0, 0.1) is 0 Å². The topological polar surface area (TPSA) is 45.5 Å². The highest BCUT2D eigenvalue weighted by Crippen LogP contribution is 2.24. The molecule has 2 heterocycles. The number of aromatic carboxylic acids is 1. The van der Waals surface area contributed by atoms with Crippen LogP contribution >= 0.6 is 15.9 Å². The molecule has 0 saturated carbocycles. The van der Waals surface area contributed by atoms with Gasteiger partial charge in [-0.15, -0.1) is 0 Å². The number of nitrogens with zero attached hydrogens (tertiary/aromatic N) is 2. The summed E-state index contributed by atoms with van der Waals surface area (Å²) in [5.74, 6) is -0.888. The molecule has 1 fully saturated rings. The smallest absolute Gasteiger partial charge is 0.354 e. The lowest BCUT2D eigenvalue weighted by molar-refractivity contribution is 0.0682. The van der Waals surface area contributed by atoms with Gasteiger partial charge >= 0.3 is 5.97 Å². The molecule has 0 aliphatic carbocycles. The molecule has 2 atom stereocenters. The van der Waals surface area contributed by atoms with Gasteiger partial charge in [0.05, 0.1) is 0 Å². The van der Waals surface area contributed by atoms with E-state index in [2.05, 4.69) is 34.8 Å². The summed E-state index contributed by atoms with van der Waals surface area (Å²) in [7, 11) is 0. The highest BCUT2D eigenvalue weighted by molar-refractivity contribution is 9.10. The molecule has 1 aromatic rings. The molecule has 0 aromatic carbocycles. The molecule has 2 rings (SSSR count). The van der Waals surface area contributed by atoms with Gasteiger partial charge in [-0.25, -0.2) is 4.79 Å². The molecule has 1 aliphatic rings. The maximum atomic E-state index is 11.2. The number of piperidine rings is 1. The maximum Gasteiger partial charge on any atom is 0.354 e. The molecule has 0 bridgehead atoms. The summed E-state index contributed by atoms with van der Waals surface area (Å²) in [6.45, 7) is 4.30. The van der Waals surface area contributed by atoms with Crippen molar-refractivity contribution < 1.29 is 9.90 Å². The molecule has 0 amide bonds. The van der Waals surface area contributed by atoms with Crippen molar-refractivity contribution in [3.63, 3.8) is 0 Å². The Morgan fingerprint density at radius 2 is 2.00 bits per heavy atom. The minimum atomic E-state index is -0.888. The summed E-state index contributed by atoms with van der Waals surface area (Å²) in [6.07, 6.45) is 5.27. The fourth-order valence-corrected chi connectivity index (χ4v) is 3.01. The van der Waals surface area contributed by atoms with Gasteiger partial charge < -0.3 is 10.1 Å². The highest BCUT2D eigenvalue weighted by Gasteiger charge is 2.27. The highest BCUT2D eigenvalue weighted by atomic mass is 79.9. The third-order valence-electron chi connectivity index (χ3n) is 3.38. The number of carbonyl (C=O) groups is 1. The molecule has 1 aromatic heterocycles. The molecule has 0 radical (unpaired) electrons. The van der Waals surface area contributed by atoms with E-state index in [1.807, 2.05) is 6.20 Å². The number of aromatic nitrogens is 1. The average molecular weight is 301 g/mol. The summed E-state index contributed by atoms with van der Waals surface area (Å²) >= 11 is 3.35. The van der Waals surface area contributed by atoms with E-state index in [1.54, 1.807) is 10.7 Å². The Morgan fingerprint density at radius 1 is 1.41 bits per heavy atom. The molecule has 2 unspecified atom stereocenters. The minimum absolute atomic E-state index is 0.317. The zero-order valence-electron chi connectivity index (χ0n) is 10.1. The minimum Gasteiger partial charge on any atom is -0.477 e. The van der Waals surface area contributed by atoms with Crippen LogP contribution in [-0.4, -0.2) is 27.8 Å². The van der Waals surface area contributed by atoms with E-state index in [1.165, 1.54) is 6.42 Å². The Hall–Kier alpha value is -0.970. The first-order chi connectivity index (χ1) is 8.00. The van der Waals surface area contributed by atoms with Crippen LogP contribution in [0.4, 0.5) is 0 Å². The van der Waals surface area contributed by atoms with Crippen molar-refractivity contribution in [1.82, 2.24) is 4.68 Å². The van der Waals surface area contributed by atoms with Gasteiger partial charge in [0.2, 0.25) is 0 Å². The molecule has 1 N–H and O–H groups in total. The van der Waals surface area contributed by atoms with Gasteiger partial charge in [0, 0.05) is 22.8 Å². The summed E-state index contributed by atoms with van der Waals surface area (Å²) in [6, 6.07) is 2.39. The van der Waals surface area contributed by atoms with E-state index in [0.29, 0.717) is 17.8 Å². The lowest BCUT2D eigenvalue weighted by atomic mass is 10.00. The third-order valence-corrected chi connectivity index (χ3v) is 3.82. The first kappa shape index (κ1) is 12.5. The molecular weight excluding hydrogens is 284 g/mol. The quantitative estimate of drug-likeness (QED) is 0.913. The van der Waals surface area contributed by atoms with Crippen molar-refractivity contribution in [2.45, 2.75) is 45.2 Å².